The number of benzene rings is 3. The molecule has 0 radical (unpaired) electrons. The average molecular weight is 515 g/mol. The zero-order valence-corrected chi connectivity index (χ0v) is 22.6. The van der Waals surface area contributed by atoms with E-state index < -0.39 is 0 Å². The molecule has 0 unspecified atom stereocenters. The molecule has 1 heterocycles. The van der Waals surface area contributed by atoms with Gasteiger partial charge in [-0.25, -0.2) is 0 Å². The van der Waals surface area contributed by atoms with Gasteiger partial charge in [0, 0.05) is 37.5 Å². The van der Waals surface area contributed by atoms with Crippen molar-refractivity contribution in [2.45, 2.75) is 51.4 Å². The standard InChI is InChI=1S/C32H38N2O4/c1-22-17-26(13-16-31(22)38-3)24-9-7-23(8-10-24)19-34(32(36)25-11-14-29(35)15-12-25)28-6-4-5-27(18-28)33-20-30(21-33)37-2/h4-10,13,16-18,25,29-30,35H,11-12,14-15,19-21H2,1-3H3/t25-,29-. The molecule has 3 aromatic rings. The van der Waals surface area contributed by atoms with Gasteiger partial charge in [-0.2, -0.15) is 0 Å². The van der Waals surface area contributed by atoms with Gasteiger partial charge >= 0.3 is 0 Å². The van der Waals surface area contributed by atoms with E-state index in [0.29, 0.717) is 19.4 Å². The number of carbonyl (C=O) groups excluding carboxylic acids is 1. The molecule has 0 bridgehead atoms. The van der Waals surface area contributed by atoms with Gasteiger partial charge in [0.2, 0.25) is 5.91 Å². The van der Waals surface area contributed by atoms with E-state index >= 15 is 0 Å². The number of nitrogens with zero attached hydrogens (tertiary/aromatic N) is 2. The van der Waals surface area contributed by atoms with E-state index in [1.54, 1.807) is 14.2 Å². The quantitative estimate of drug-likeness (QED) is 0.425. The monoisotopic (exact) mass is 514 g/mol. The maximum Gasteiger partial charge on any atom is 0.230 e. The first-order valence-electron chi connectivity index (χ1n) is 13.6. The number of aliphatic hydroxyl groups excluding tert-OH is 1. The predicted octanol–water partition coefficient (Wildman–Crippen LogP) is 5.59. The lowest BCUT2D eigenvalue weighted by Gasteiger charge is -2.40. The molecule has 38 heavy (non-hydrogen) atoms. The van der Waals surface area contributed by atoms with Crippen molar-refractivity contribution in [3.05, 3.63) is 77.9 Å². The lowest BCUT2D eigenvalue weighted by molar-refractivity contribution is -0.124. The Balaban J connectivity index is 1.38. The Bertz CT molecular complexity index is 1240. The van der Waals surface area contributed by atoms with Gasteiger partial charge < -0.3 is 24.4 Å². The second-order valence-electron chi connectivity index (χ2n) is 10.6. The first-order valence-corrected chi connectivity index (χ1v) is 13.6. The third kappa shape index (κ3) is 5.71. The van der Waals surface area contributed by atoms with Crippen LogP contribution in [0.3, 0.4) is 0 Å². The van der Waals surface area contributed by atoms with E-state index in [1.165, 1.54) is 0 Å². The summed E-state index contributed by atoms with van der Waals surface area (Å²) in [6.07, 6.45) is 2.81. The number of hydrogen-bond acceptors (Lipinski definition) is 5. The molecule has 200 valence electrons. The van der Waals surface area contributed by atoms with Crippen LogP contribution in [0.1, 0.15) is 36.8 Å². The van der Waals surface area contributed by atoms with Crippen LogP contribution >= 0.6 is 0 Å². The number of anilines is 2. The summed E-state index contributed by atoms with van der Waals surface area (Å²) in [5.74, 6) is 0.959. The molecule has 6 nitrogen and oxygen atoms in total. The summed E-state index contributed by atoms with van der Waals surface area (Å²) in [5.41, 5.74) is 6.47. The van der Waals surface area contributed by atoms with Gasteiger partial charge in [0.05, 0.1) is 25.9 Å². The topological polar surface area (TPSA) is 62.2 Å². The molecule has 2 fully saturated rings. The number of aryl methyl sites for hydroxylation is 1. The Kier molecular flexibility index (Phi) is 8.01. The Labute approximate surface area is 225 Å². The maximum atomic E-state index is 13.9. The largest absolute Gasteiger partial charge is 0.496 e. The van der Waals surface area contributed by atoms with Gasteiger partial charge in [-0.15, -0.1) is 0 Å². The molecule has 1 amide bonds. The Hall–Kier alpha value is -3.35. The van der Waals surface area contributed by atoms with Crippen molar-refractivity contribution in [3.8, 4) is 16.9 Å². The van der Waals surface area contributed by atoms with E-state index in [2.05, 4.69) is 53.4 Å². The van der Waals surface area contributed by atoms with E-state index in [-0.39, 0.29) is 24.0 Å². The first kappa shape index (κ1) is 26.3. The van der Waals surface area contributed by atoms with Crippen LogP contribution in [0.5, 0.6) is 5.75 Å². The molecule has 3 aromatic carbocycles. The van der Waals surface area contributed by atoms with Crippen LogP contribution in [-0.4, -0.2) is 50.5 Å². The molecule has 5 rings (SSSR count). The van der Waals surface area contributed by atoms with Gasteiger partial charge in [-0.05, 0) is 85.2 Å². The van der Waals surface area contributed by atoms with Crippen molar-refractivity contribution in [2.75, 3.05) is 37.1 Å². The van der Waals surface area contributed by atoms with Crippen molar-refractivity contribution in [2.24, 2.45) is 5.92 Å². The summed E-state index contributed by atoms with van der Waals surface area (Å²) in [4.78, 5) is 18.1. The molecule has 1 saturated carbocycles. The minimum Gasteiger partial charge on any atom is -0.496 e. The Morgan fingerprint density at radius 1 is 0.947 bits per heavy atom. The number of amides is 1. The summed E-state index contributed by atoms with van der Waals surface area (Å²) in [7, 11) is 3.44. The van der Waals surface area contributed by atoms with Crippen LogP contribution in [0, 0.1) is 12.8 Å². The molecule has 1 N–H and O–H groups in total. The van der Waals surface area contributed by atoms with Crippen LogP contribution in [0.4, 0.5) is 11.4 Å². The highest BCUT2D eigenvalue weighted by Crippen LogP contribution is 2.33. The normalized spacial score (nSPS) is 19.6. The van der Waals surface area contributed by atoms with Crippen LogP contribution in [-0.2, 0) is 16.1 Å². The number of ether oxygens (including phenoxy) is 2. The molecule has 0 atom stereocenters. The molecule has 1 aliphatic carbocycles. The summed E-state index contributed by atoms with van der Waals surface area (Å²) < 4.78 is 10.9. The summed E-state index contributed by atoms with van der Waals surface area (Å²) in [5, 5.41) is 9.99. The van der Waals surface area contributed by atoms with Crippen molar-refractivity contribution in [1.29, 1.82) is 0 Å². The van der Waals surface area contributed by atoms with Crippen molar-refractivity contribution >= 4 is 17.3 Å². The van der Waals surface area contributed by atoms with Crippen LogP contribution < -0.4 is 14.5 Å². The van der Waals surface area contributed by atoms with Gasteiger partial charge in [0.25, 0.3) is 0 Å². The molecule has 0 aromatic heterocycles. The van der Waals surface area contributed by atoms with Crippen molar-refractivity contribution in [1.82, 2.24) is 0 Å². The lowest BCUT2D eigenvalue weighted by Crippen LogP contribution is -2.51. The molecule has 0 spiro atoms. The highest BCUT2D eigenvalue weighted by atomic mass is 16.5. The van der Waals surface area contributed by atoms with Crippen LogP contribution in [0.2, 0.25) is 0 Å². The smallest absolute Gasteiger partial charge is 0.230 e. The zero-order chi connectivity index (χ0) is 26.6. The minimum absolute atomic E-state index is 0.0644. The highest BCUT2D eigenvalue weighted by Gasteiger charge is 2.31. The van der Waals surface area contributed by atoms with Crippen LogP contribution in [0.15, 0.2) is 66.7 Å². The fraction of sp³-hybridized carbons (Fsp3) is 0.406. The summed E-state index contributed by atoms with van der Waals surface area (Å²) in [6.45, 7) is 4.28. The van der Waals surface area contributed by atoms with E-state index in [4.69, 9.17) is 9.47 Å². The Morgan fingerprint density at radius 2 is 1.66 bits per heavy atom. The second kappa shape index (κ2) is 11.6. The van der Waals surface area contributed by atoms with Gasteiger partial charge in [0.1, 0.15) is 5.75 Å². The third-order valence-electron chi connectivity index (χ3n) is 8.02. The summed E-state index contributed by atoms with van der Waals surface area (Å²) >= 11 is 0. The fourth-order valence-electron chi connectivity index (χ4n) is 5.54. The molecule has 2 aliphatic rings. The van der Waals surface area contributed by atoms with Gasteiger partial charge in [-0.3, -0.25) is 4.79 Å². The third-order valence-corrected chi connectivity index (χ3v) is 8.02. The maximum absolute atomic E-state index is 13.9. The average Bonchev–Trinajstić information content (AvgIpc) is 2.92. The minimum atomic E-state index is -0.287. The SMILES string of the molecule is COc1ccc(-c2ccc(CN(c3cccc(N4CC(OC)C4)c3)C(=O)[C@H]3CC[C@H](O)CC3)cc2)cc1C. The van der Waals surface area contributed by atoms with E-state index in [0.717, 1.165) is 65.3 Å². The fourth-order valence-corrected chi connectivity index (χ4v) is 5.54. The molecule has 1 saturated heterocycles. The van der Waals surface area contributed by atoms with Crippen molar-refractivity contribution in [3.63, 3.8) is 0 Å². The number of rotatable bonds is 8. The van der Waals surface area contributed by atoms with Crippen LogP contribution in [0.25, 0.3) is 11.1 Å². The molecule has 6 heteroatoms. The molecular formula is C32H38N2O4. The van der Waals surface area contributed by atoms with Crippen molar-refractivity contribution < 1.29 is 19.4 Å². The van der Waals surface area contributed by atoms with E-state index in [1.807, 2.05) is 30.0 Å². The number of hydrogen-bond donors (Lipinski definition) is 1. The lowest BCUT2D eigenvalue weighted by atomic mass is 9.86. The number of carbonyl (C=O) groups is 1. The molecular weight excluding hydrogens is 476 g/mol. The highest BCUT2D eigenvalue weighted by molar-refractivity contribution is 5.95. The number of aliphatic hydroxyl groups is 1. The first-order chi connectivity index (χ1) is 18.4. The second-order valence-corrected chi connectivity index (χ2v) is 10.6. The zero-order valence-electron chi connectivity index (χ0n) is 22.6. The van der Waals surface area contributed by atoms with Gasteiger partial charge in [0.15, 0.2) is 0 Å². The van der Waals surface area contributed by atoms with E-state index in [9.17, 15) is 9.90 Å². The molecule has 1 aliphatic heterocycles. The van der Waals surface area contributed by atoms with Gasteiger partial charge in [-0.1, -0.05) is 36.4 Å². The Morgan fingerprint density at radius 3 is 2.32 bits per heavy atom. The predicted molar refractivity (Wildman–Crippen MR) is 152 cm³/mol. The number of methoxy groups -OCH3 is 2. The summed E-state index contributed by atoms with van der Waals surface area (Å²) in [6, 6.07) is 23.0.